The van der Waals surface area contributed by atoms with E-state index in [-0.39, 0.29) is 17.9 Å². The van der Waals surface area contributed by atoms with Gasteiger partial charge in [-0.15, -0.1) is 0 Å². The number of rotatable bonds is 10. The van der Waals surface area contributed by atoms with Gasteiger partial charge in [0.1, 0.15) is 18.1 Å². The molecule has 1 aliphatic rings. The normalized spacial score (nSPS) is 17.2. The predicted molar refractivity (Wildman–Crippen MR) is 129 cm³/mol. The van der Waals surface area contributed by atoms with Gasteiger partial charge in [0.15, 0.2) is 11.5 Å². The molecule has 8 nitrogen and oxygen atoms in total. The number of carbonyl (C=O) groups is 2. The molecule has 1 aliphatic heterocycles. The largest absolute Gasteiger partial charge is 0.507 e. The van der Waals surface area contributed by atoms with Crippen LogP contribution in [0.15, 0.2) is 60.7 Å². The minimum atomic E-state index is -0.846. The van der Waals surface area contributed by atoms with Gasteiger partial charge in [0.25, 0.3) is 11.7 Å². The van der Waals surface area contributed by atoms with E-state index in [9.17, 15) is 14.7 Å². The lowest BCUT2D eigenvalue weighted by Crippen LogP contribution is -2.35. The molecule has 1 N–H and O–H groups in total. The minimum absolute atomic E-state index is 0.00457. The molecule has 1 amide bonds. The van der Waals surface area contributed by atoms with Crippen LogP contribution in [0.5, 0.6) is 17.2 Å². The number of para-hydroxylation sites is 1. The van der Waals surface area contributed by atoms with E-state index in [2.05, 4.69) is 6.58 Å². The van der Waals surface area contributed by atoms with Crippen molar-refractivity contribution in [3.63, 3.8) is 0 Å². The number of ether oxygens (including phenoxy) is 3. The molecule has 1 heterocycles. The van der Waals surface area contributed by atoms with Crippen LogP contribution in [-0.2, 0) is 9.59 Å². The molecule has 8 heteroatoms. The van der Waals surface area contributed by atoms with E-state index in [0.29, 0.717) is 41.5 Å². The van der Waals surface area contributed by atoms with Crippen LogP contribution < -0.4 is 14.2 Å². The zero-order valence-electron chi connectivity index (χ0n) is 19.9. The molecule has 0 bridgehead atoms. The van der Waals surface area contributed by atoms with Crippen LogP contribution in [0.1, 0.15) is 17.2 Å². The van der Waals surface area contributed by atoms with Crippen molar-refractivity contribution in [2.75, 3.05) is 48.0 Å². The SMILES string of the molecule is C=CCOc1ccc(/C(O)=C2\C(=O)C(=O)N(CCN(C)C)[C@@H]2c2cccc(OC)c2OC)cc1. The quantitative estimate of drug-likeness (QED) is 0.249. The molecule has 0 radical (unpaired) electrons. The number of aliphatic hydroxyl groups is 1. The maximum absolute atomic E-state index is 13.2. The summed E-state index contributed by atoms with van der Waals surface area (Å²) in [5, 5.41) is 11.2. The number of methoxy groups -OCH3 is 2. The van der Waals surface area contributed by atoms with Gasteiger partial charge in [0.05, 0.1) is 25.8 Å². The summed E-state index contributed by atoms with van der Waals surface area (Å²) in [6.45, 7) is 4.78. The molecule has 0 saturated carbocycles. The Kier molecular flexibility index (Phi) is 7.96. The monoisotopic (exact) mass is 466 g/mol. The average molecular weight is 467 g/mol. The molecule has 3 rings (SSSR count). The highest BCUT2D eigenvalue weighted by atomic mass is 16.5. The molecule has 2 aromatic rings. The second-order valence-corrected chi connectivity index (χ2v) is 8.00. The first kappa shape index (κ1) is 24.9. The van der Waals surface area contributed by atoms with Crippen molar-refractivity contribution in [2.45, 2.75) is 6.04 Å². The van der Waals surface area contributed by atoms with Crippen molar-refractivity contribution in [3.05, 3.63) is 71.8 Å². The summed E-state index contributed by atoms with van der Waals surface area (Å²) in [5.74, 6) is -0.250. The Balaban J connectivity index is 2.16. The fraction of sp³-hybridized carbons (Fsp3) is 0.308. The average Bonchev–Trinajstić information content (AvgIpc) is 3.10. The van der Waals surface area contributed by atoms with Crippen molar-refractivity contribution in [1.29, 1.82) is 0 Å². The number of likely N-dealkylation sites (N-methyl/N-ethyl adjacent to an activating group) is 1. The Bertz CT molecular complexity index is 1090. The lowest BCUT2D eigenvalue weighted by Gasteiger charge is -2.28. The second-order valence-electron chi connectivity index (χ2n) is 8.00. The number of nitrogens with zero attached hydrogens (tertiary/aromatic N) is 2. The number of benzene rings is 2. The maximum Gasteiger partial charge on any atom is 0.295 e. The Morgan fingerprint density at radius 3 is 2.41 bits per heavy atom. The maximum atomic E-state index is 13.2. The fourth-order valence-corrected chi connectivity index (χ4v) is 3.89. The number of carbonyl (C=O) groups excluding carboxylic acids is 2. The summed E-state index contributed by atoms with van der Waals surface area (Å²) in [4.78, 5) is 29.7. The first-order chi connectivity index (χ1) is 16.3. The molecular weight excluding hydrogens is 436 g/mol. The van der Waals surface area contributed by atoms with Crippen molar-refractivity contribution >= 4 is 17.4 Å². The van der Waals surface area contributed by atoms with Gasteiger partial charge in [-0.1, -0.05) is 24.8 Å². The minimum Gasteiger partial charge on any atom is -0.507 e. The van der Waals surface area contributed by atoms with E-state index in [1.165, 1.54) is 19.1 Å². The molecule has 34 heavy (non-hydrogen) atoms. The van der Waals surface area contributed by atoms with Crippen LogP contribution in [-0.4, -0.2) is 74.6 Å². The number of amides is 1. The first-order valence-corrected chi connectivity index (χ1v) is 10.8. The van der Waals surface area contributed by atoms with Gasteiger partial charge in [-0.3, -0.25) is 9.59 Å². The van der Waals surface area contributed by atoms with Crippen LogP contribution in [0.2, 0.25) is 0 Å². The van der Waals surface area contributed by atoms with Crippen molar-refractivity contribution in [2.24, 2.45) is 0 Å². The summed E-state index contributed by atoms with van der Waals surface area (Å²) >= 11 is 0. The van der Waals surface area contributed by atoms with E-state index in [1.807, 2.05) is 19.0 Å². The third-order valence-electron chi connectivity index (χ3n) is 5.55. The lowest BCUT2D eigenvalue weighted by molar-refractivity contribution is -0.140. The van der Waals surface area contributed by atoms with E-state index in [4.69, 9.17) is 14.2 Å². The van der Waals surface area contributed by atoms with Crippen LogP contribution in [0, 0.1) is 0 Å². The van der Waals surface area contributed by atoms with Crippen LogP contribution in [0.3, 0.4) is 0 Å². The third-order valence-corrected chi connectivity index (χ3v) is 5.55. The van der Waals surface area contributed by atoms with Crippen LogP contribution >= 0.6 is 0 Å². The zero-order valence-corrected chi connectivity index (χ0v) is 19.9. The highest BCUT2D eigenvalue weighted by Gasteiger charge is 2.47. The van der Waals surface area contributed by atoms with Gasteiger partial charge in [-0.25, -0.2) is 0 Å². The summed E-state index contributed by atoms with van der Waals surface area (Å²) < 4.78 is 16.5. The fourth-order valence-electron chi connectivity index (χ4n) is 3.89. The van der Waals surface area contributed by atoms with Gasteiger partial charge in [-0.05, 0) is 44.4 Å². The van der Waals surface area contributed by atoms with Gasteiger partial charge in [0.2, 0.25) is 0 Å². The molecular formula is C26H30N2O6. The first-order valence-electron chi connectivity index (χ1n) is 10.8. The Morgan fingerprint density at radius 2 is 1.82 bits per heavy atom. The van der Waals surface area contributed by atoms with Gasteiger partial charge >= 0.3 is 0 Å². The Labute approximate surface area is 199 Å². The van der Waals surface area contributed by atoms with Crippen molar-refractivity contribution in [3.8, 4) is 17.2 Å². The van der Waals surface area contributed by atoms with Gasteiger partial charge in [0, 0.05) is 24.2 Å². The second kappa shape index (κ2) is 10.9. The van der Waals surface area contributed by atoms with E-state index in [1.54, 1.807) is 48.5 Å². The molecule has 0 aliphatic carbocycles. The standard InChI is InChI=1S/C26H30N2O6/c1-6-16-34-18-12-10-17(11-13-18)23(29)21-22(19-8-7-9-20(32-4)25(19)33-5)28(15-14-27(2)3)26(31)24(21)30/h6-13,22,29H,1,14-16H2,2-5H3/b23-21+/t22-/m1/s1. The Morgan fingerprint density at radius 1 is 1.12 bits per heavy atom. The number of hydrogen-bond donors (Lipinski definition) is 1. The lowest BCUT2D eigenvalue weighted by atomic mass is 9.94. The number of aliphatic hydroxyl groups excluding tert-OH is 1. The number of likely N-dealkylation sites (tertiary alicyclic amines) is 1. The highest BCUT2D eigenvalue weighted by Crippen LogP contribution is 2.45. The molecule has 180 valence electrons. The smallest absolute Gasteiger partial charge is 0.295 e. The van der Waals surface area contributed by atoms with E-state index >= 15 is 0 Å². The van der Waals surface area contributed by atoms with Gasteiger partial charge < -0.3 is 29.1 Å². The number of Topliss-reactive ketones (excluding diaryl/α,β-unsaturated/α-hetero) is 1. The molecule has 1 saturated heterocycles. The molecule has 1 fully saturated rings. The van der Waals surface area contributed by atoms with E-state index in [0.717, 1.165) is 0 Å². The van der Waals surface area contributed by atoms with E-state index < -0.39 is 17.7 Å². The topological polar surface area (TPSA) is 88.5 Å². The third kappa shape index (κ3) is 4.92. The van der Waals surface area contributed by atoms with Crippen LogP contribution in [0.4, 0.5) is 0 Å². The number of hydrogen-bond acceptors (Lipinski definition) is 7. The molecule has 2 aromatic carbocycles. The Hall–Kier alpha value is -3.78. The van der Waals surface area contributed by atoms with Crippen molar-refractivity contribution in [1.82, 2.24) is 9.80 Å². The molecule has 0 spiro atoms. The van der Waals surface area contributed by atoms with Crippen molar-refractivity contribution < 1.29 is 28.9 Å². The van der Waals surface area contributed by atoms with Gasteiger partial charge in [-0.2, -0.15) is 0 Å². The highest BCUT2D eigenvalue weighted by molar-refractivity contribution is 6.46. The molecule has 1 atom stereocenters. The summed E-state index contributed by atoms with van der Waals surface area (Å²) in [7, 11) is 6.78. The summed E-state index contributed by atoms with van der Waals surface area (Å²) in [6, 6.07) is 11.1. The number of ketones is 1. The zero-order chi connectivity index (χ0) is 24.8. The molecule has 0 aromatic heterocycles. The summed E-state index contributed by atoms with van der Waals surface area (Å²) in [5.41, 5.74) is 0.936. The predicted octanol–water partition coefficient (Wildman–Crippen LogP) is 3.25. The molecule has 0 unspecified atom stereocenters. The van der Waals surface area contributed by atoms with Crippen LogP contribution in [0.25, 0.3) is 5.76 Å². The summed E-state index contributed by atoms with van der Waals surface area (Å²) in [6.07, 6.45) is 1.63.